The van der Waals surface area contributed by atoms with Crippen LogP contribution in [0.1, 0.15) is 5.56 Å². The maximum Gasteiger partial charge on any atom is 0.137 e. The second kappa shape index (κ2) is 11.7. The summed E-state index contributed by atoms with van der Waals surface area (Å²) in [6, 6.07) is 63.7. The van der Waals surface area contributed by atoms with Gasteiger partial charge in [-0.05, 0) is 103 Å². The summed E-state index contributed by atoms with van der Waals surface area (Å²) in [7, 11) is 0. The lowest BCUT2D eigenvalue weighted by atomic mass is 10.0. The molecule has 250 valence electrons. The monoisotopic (exact) mass is 696 g/mol. The van der Waals surface area contributed by atoms with Gasteiger partial charge in [-0.3, -0.25) is 0 Å². The molecule has 0 N–H and O–H groups in total. The number of thiophene rings is 1. The first kappa shape index (κ1) is 30.0. The lowest BCUT2D eigenvalue weighted by molar-refractivity contribution is 0.669. The Bertz CT molecular complexity index is 3180. The van der Waals surface area contributed by atoms with E-state index in [9.17, 15) is 0 Å². The number of aryl methyl sites for hydroxylation is 1. The molecule has 0 spiro atoms. The summed E-state index contributed by atoms with van der Waals surface area (Å²) >= 11 is 1.85. The Morgan fingerprint density at radius 2 is 1.15 bits per heavy atom. The topological polar surface area (TPSA) is 21.3 Å². The number of fused-ring (bicyclic) bond motifs is 9. The van der Waals surface area contributed by atoms with Crippen LogP contribution in [0.4, 0.5) is 17.1 Å². The highest BCUT2D eigenvalue weighted by Gasteiger charge is 2.21. The molecule has 0 fully saturated rings. The summed E-state index contributed by atoms with van der Waals surface area (Å²) in [6.07, 6.45) is 0. The molecule has 0 aliphatic rings. The Labute approximate surface area is 310 Å². The minimum Gasteiger partial charge on any atom is -0.456 e. The average Bonchev–Trinajstić information content (AvgIpc) is 3.88. The number of rotatable bonds is 5. The summed E-state index contributed by atoms with van der Waals surface area (Å²) in [5.41, 5.74) is 12.3. The van der Waals surface area contributed by atoms with Gasteiger partial charge in [-0.2, -0.15) is 0 Å². The molecule has 0 aliphatic heterocycles. The first-order valence-corrected chi connectivity index (χ1v) is 18.8. The van der Waals surface area contributed by atoms with Gasteiger partial charge in [-0.15, -0.1) is 11.3 Å². The van der Waals surface area contributed by atoms with Crippen molar-refractivity contribution in [3.8, 4) is 16.8 Å². The lowest BCUT2D eigenvalue weighted by Gasteiger charge is -2.26. The Morgan fingerprint density at radius 1 is 0.472 bits per heavy atom. The molecule has 0 unspecified atom stereocenters. The van der Waals surface area contributed by atoms with Crippen molar-refractivity contribution in [2.24, 2.45) is 0 Å². The van der Waals surface area contributed by atoms with Crippen molar-refractivity contribution in [2.45, 2.75) is 6.92 Å². The molecule has 11 aromatic rings. The summed E-state index contributed by atoms with van der Waals surface area (Å²) in [4.78, 5) is 2.39. The van der Waals surface area contributed by atoms with Gasteiger partial charge in [0.15, 0.2) is 0 Å². The maximum atomic E-state index is 6.38. The van der Waals surface area contributed by atoms with Crippen molar-refractivity contribution in [3.63, 3.8) is 0 Å². The van der Waals surface area contributed by atoms with E-state index in [1.807, 2.05) is 17.4 Å². The number of hydrogen-bond donors (Lipinski definition) is 0. The molecule has 4 heteroatoms. The SMILES string of the molecule is Cc1ccc(-n2c3ccccc3c3cc(-c4ccc(N(c5ccc6sc7ccccc7c6c5)c5cccc6oc7ccccc7c56)cc4)ccc32)cc1. The van der Waals surface area contributed by atoms with Gasteiger partial charge in [0.2, 0.25) is 0 Å². The summed E-state index contributed by atoms with van der Waals surface area (Å²) in [6.45, 7) is 2.14. The Balaban J connectivity index is 1.07. The number of hydrogen-bond acceptors (Lipinski definition) is 3. The minimum absolute atomic E-state index is 0.880. The fourth-order valence-electron chi connectivity index (χ4n) is 8.15. The zero-order chi connectivity index (χ0) is 35.0. The van der Waals surface area contributed by atoms with Crippen molar-refractivity contribution in [1.29, 1.82) is 0 Å². The van der Waals surface area contributed by atoms with Gasteiger partial charge in [0.1, 0.15) is 11.2 Å². The van der Waals surface area contributed by atoms with Crippen LogP contribution in [0, 0.1) is 6.92 Å². The molecule has 3 aromatic heterocycles. The number of aromatic nitrogens is 1. The van der Waals surface area contributed by atoms with E-state index in [2.05, 4.69) is 186 Å². The minimum atomic E-state index is 0.880. The Hall–Kier alpha value is -6.62. The van der Waals surface area contributed by atoms with Crippen molar-refractivity contribution >= 4 is 92.3 Å². The smallest absolute Gasteiger partial charge is 0.137 e. The standard InChI is InChI=1S/C49H32N2OS/c1-31-17-22-35(23-18-31)51-42-12-5-2-9-37(42)40-29-33(21-27-43(40)51)32-19-24-34(25-20-32)50(36-26-28-48-41(30-36)38-10-4-7-16-47(38)53-48)44-13-8-15-46-49(44)39-11-3-6-14-45(39)52-46/h2-30H,1H3. The lowest BCUT2D eigenvalue weighted by Crippen LogP contribution is -2.10. The molecule has 0 saturated heterocycles. The molecule has 0 radical (unpaired) electrons. The first-order valence-electron chi connectivity index (χ1n) is 18.0. The molecule has 0 atom stereocenters. The number of nitrogens with zero attached hydrogens (tertiary/aromatic N) is 2. The van der Waals surface area contributed by atoms with E-state index < -0.39 is 0 Å². The van der Waals surface area contributed by atoms with Crippen LogP contribution < -0.4 is 4.90 Å². The van der Waals surface area contributed by atoms with Crippen LogP contribution in [0.3, 0.4) is 0 Å². The molecular weight excluding hydrogens is 665 g/mol. The highest BCUT2D eigenvalue weighted by atomic mass is 32.1. The highest BCUT2D eigenvalue weighted by Crippen LogP contribution is 2.45. The van der Waals surface area contributed by atoms with E-state index in [0.29, 0.717) is 0 Å². The van der Waals surface area contributed by atoms with Crippen LogP contribution in [0.15, 0.2) is 180 Å². The third-order valence-corrected chi connectivity index (χ3v) is 11.8. The van der Waals surface area contributed by atoms with Crippen molar-refractivity contribution < 1.29 is 4.42 Å². The van der Waals surface area contributed by atoms with E-state index >= 15 is 0 Å². The van der Waals surface area contributed by atoms with Gasteiger partial charge in [-0.1, -0.05) is 96.6 Å². The predicted molar refractivity (Wildman–Crippen MR) is 226 cm³/mol. The van der Waals surface area contributed by atoms with E-state index in [0.717, 1.165) is 39.0 Å². The maximum absolute atomic E-state index is 6.38. The molecular formula is C49H32N2OS. The predicted octanol–water partition coefficient (Wildman–Crippen LogP) is 14.5. The van der Waals surface area contributed by atoms with Gasteiger partial charge in [0, 0.05) is 53.4 Å². The largest absolute Gasteiger partial charge is 0.456 e. The second-order valence-electron chi connectivity index (χ2n) is 13.8. The van der Waals surface area contributed by atoms with Crippen LogP contribution >= 0.6 is 11.3 Å². The van der Waals surface area contributed by atoms with Gasteiger partial charge in [-0.25, -0.2) is 0 Å². The third kappa shape index (κ3) is 4.73. The van der Waals surface area contributed by atoms with Crippen LogP contribution in [-0.4, -0.2) is 4.57 Å². The summed E-state index contributed by atoms with van der Waals surface area (Å²) in [5.74, 6) is 0. The van der Waals surface area contributed by atoms with E-state index in [4.69, 9.17) is 4.42 Å². The molecule has 3 heterocycles. The third-order valence-electron chi connectivity index (χ3n) is 10.7. The quantitative estimate of drug-likeness (QED) is 0.179. The number of para-hydroxylation sites is 2. The van der Waals surface area contributed by atoms with Gasteiger partial charge >= 0.3 is 0 Å². The summed E-state index contributed by atoms with van der Waals surface area (Å²) < 4.78 is 11.4. The molecule has 8 aromatic carbocycles. The molecule has 3 nitrogen and oxygen atoms in total. The molecule has 0 bridgehead atoms. The van der Waals surface area contributed by atoms with Gasteiger partial charge in [0.25, 0.3) is 0 Å². The van der Waals surface area contributed by atoms with Crippen LogP contribution in [0.2, 0.25) is 0 Å². The van der Waals surface area contributed by atoms with Crippen LogP contribution in [0.5, 0.6) is 0 Å². The fraction of sp³-hybridized carbons (Fsp3) is 0.0204. The fourth-order valence-corrected chi connectivity index (χ4v) is 9.24. The zero-order valence-electron chi connectivity index (χ0n) is 29.0. The summed E-state index contributed by atoms with van der Waals surface area (Å²) in [5, 5.41) is 7.28. The van der Waals surface area contributed by atoms with Gasteiger partial charge < -0.3 is 13.9 Å². The van der Waals surface area contributed by atoms with E-state index in [1.165, 1.54) is 64.4 Å². The van der Waals surface area contributed by atoms with E-state index in [1.54, 1.807) is 0 Å². The van der Waals surface area contributed by atoms with Gasteiger partial charge in [0.05, 0.1) is 22.1 Å². The van der Waals surface area contributed by atoms with Crippen molar-refractivity contribution in [3.05, 3.63) is 181 Å². The molecule has 11 rings (SSSR count). The highest BCUT2D eigenvalue weighted by molar-refractivity contribution is 7.25. The first-order chi connectivity index (χ1) is 26.2. The van der Waals surface area contributed by atoms with E-state index in [-0.39, 0.29) is 0 Å². The van der Waals surface area contributed by atoms with Crippen molar-refractivity contribution in [1.82, 2.24) is 4.57 Å². The molecule has 53 heavy (non-hydrogen) atoms. The normalized spacial score (nSPS) is 11.9. The Kier molecular flexibility index (Phi) is 6.64. The average molecular weight is 697 g/mol. The molecule has 0 amide bonds. The van der Waals surface area contributed by atoms with Crippen LogP contribution in [0.25, 0.3) is 80.7 Å². The Morgan fingerprint density at radius 3 is 2.02 bits per heavy atom. The number of benzene rings is 8. The number of anilines is 3. The number of furan rings is 1. The zero-order valence-corrected chi connectivity index (χ0v) is 29.8. The molecule has 0 saturated carbocycles. The molecule has 0 aliphatic carbocycles. The second-order valence-corrected chi connectivity index (χ2v) is 14.9. The van der Waals surface area contributed by atoms with Crippen LogP contribution in [-0.2, 0) is 0 Å². The van der Waals surface area contributed by atoms with Crippen molar-refractivity contribution in [2.75, 3.05) is 4.90 Å².